The number of imidazole rings is 1. The van der Waals surface area contributed by atoms with Crippen LogP contribution in [-0.2, 0) is 5.41 Å². The highest BCUT2D eigenvalue weighted by molar-refractivity contribution is 6.11. The quantitative estimate of drug-likeness (QED) is 0.256. The van der Waals surface area contributed by atoms with Crippen LogP contribution in [0.3, 0.4) is 0 Å². The van der Waals surface area contributed by atoms with Crippen molar-refractivity contribution >= 4 is 38.5 Å². The maximum atomic E-state index is 5.28. The van der Waals surface area contributed by atoms with E-state index in [2.05, 4.69) is 125 Å². The van der Waals surface area contributed by atoms with Gasteiger partial charge in [0.05, 0.1) is 27.8 Å². The monoisotopic (exact) mass is 466 g/mol. The molecule has 4 nitrogen and oxygen atoms in total. The van der Waals surface area contributed by atoms with Crippen molar-refractivity contribution in [2.45, 2.75) is 32.1 Å². The Kier molecular flexibility index (Phi) is 3.81. The molecule has 36 heavy (non-hydrogen) atoms. The van der Waals surface area contributed by atoms with E-state index in [-0.39, 0.29) is 5.41 Å². The van der Waals surface area contributed by atoms with E-state index in [9.17, 15) is 0 Å². The van der Waals surface area contributed by atoms with Crippen LogP contribution in [0.1, 0.15) is 37.9 Å². The Balaban J connectivity index is 1.56. The summed E-state index contributed by atoms with van der Waals surface area (Å²) < 4.78 is 7.21. The Labute approximate surface area is 209 Å². The molecule has 0 radical (unpaired) electrons. The van der Waals surface area contributed by atoms with E-state index in [1.165, 1.54) is 44.4 Å². The van der Waals surface area contributed by atoms with Crippen molar-refractivity contribution in [1.29, 1.82) is 0 Å². The molecule has 8 rings (SSSR count). The summed E-state index contributed by atoms with van der Waals surface area (Å²) in [6.45, 7) is 4.70. The molecule has 1 aliphatic carbocycles. The van der Waals surface area contributed by atoms with Crippen molar-refractivity contribution in [2.75, 3.05) is 0 Å². The number of hydrogen-bond acceptors (Lipinski definition) is 1. The van der Waals surface area contributed by atoms with Gasteiger partial charge in [-0.05, 0) is 48.7 Å². The molecule has 2 aliphatic rings. The van der Waals surface area contributed by atoms with Gasteiger partial charge in [-0.1, -0.05) is 74.5 Å². The summed E-state index contributed by atoms with van der Waals surface area (Å²) in [5, 5.41) is 2.54. The van der Waals surface area contributed by atoms with Crippen LogP contribution in [0.4, 0.5) is 0 Å². The van der Waals surface area contributed by atoms with Crippen molar-refractivity contribution in [1.82, 2.24) is 18.7 Å². The van der Waals surface area contributed by atoms with Gasteiger partial charge in [-0.25, -0.2) is 4.98 Å². The number of allylic oxidation sites excluding steroid dienone is 4. The van der Waals surface area contributed by atoms with E-state index in [4.69, 9.17) is 4.98 Å². The minimum Gasteiger partial charge on any atom is -0.317 e. The molecule has 0 spiro atoms. The minimum absolute atomic E-state index is 0.131. The Morgan fingerprint density at radius 2 is 1.58 bits per heavy atom. The van der Waals surface area contributed by atoms with Gasteiger partial charge in [0.15, 0.2) is 0 Å². The van der Waals surface area contributed by atoms with Crippen LogP contribution in [-0.4, -0.2) is 18.7 Å². The molecule has 0 saturated heterocycles. The van der Waals surface area contributed by atoms with E-state index >= 15 is 0 Å². The Hall–Kier alpha value is -4.31. The number of rotatable bonds is 2. The van der Waals surface area contributed by atoms with Gasteiger partial charge in [0, 0.05) is 33.8 Å². The fourth-order valence-corrected chi connectivity index (χ4v) is 6.49. The number of para-hydroxylation sites is 4. The molecule has 0 atom stereocenters. The van der Waals surface area contributed by atoms with Gasteiger partial charge in [-0.3, -0.25) is 9.13 Å². The number of hydrogen-bond donors (Lipinski definition) is 0. The first-order valence-electron chi connectivity index (χ1n) is 12.7. The topological polar surface area (TPSA) is 27.7 Å². The van der Waals surface area contributed by atoms with Crippen LogP contribution in [0, 0.1) is 0 Å². The predicted molar refractivity (Wildman–Crippen MR) is 148 cm³/mol. The van der Waals surface area contributed by atoms with Crippen molar-refractivity contribution in [2.24, 2.45) is 0 Å². The second-order valence-corrected chi connectivity index (χ2v) is 10.5. The molecule has 3 aromatic carbocycles. The fourth-order valence-electron chi connectivity index (χ4n) is 6.49. The second kappa shape index (κ2) is 6.88. The van der Waals surface area contributed by atoms with Crippen LogP contribution in [0.2, 0.25) is 0 Å². The maximum absolute atomic E-state index is 5.28. The lowest BCUT2D eigenvalue weighted by Crippen LogP contribution is -2.17. The normalized spacial score (nSPS) is 16.1. The summed E-state index contributed by atoms with van der Waals surface area (Å²) in [6.07, 6.45) is 11.0. The summed E-state index contributed by atoms with van der Waals surface area (Å²) in [5.74, 6) is 0.963. The molecule has 1 aliphatic heterocycles. The van der Waals surface area contributed by atoms with Crippen molar-refractivity contribution in [3.63, 3.8) is 0 Å². The SMILES string of the molecule is CC1(C)c2ccccc2-n2cc3c4ccccc4n(-c4nc5ccccc5n4C4=CC=CCC4)c3c21. The fraction of sp³-hybridized carbons (Fsp3) is 0.156. The third-order valence-corrected chi connectivity index (χ3v) is 8.09. The van der Waals surface area contributed by atoms with E-state index in [0.29, 0.717) is 0 Å². The standard InChI is InChI=1S/C32H26N4/c1-32(2)24-15-7-10-18-27(24)34-20-23-22-14-6-9-17-26(22)36(29(23)30(32)34)31-33-25-16-8-11-19-28(25)35(31)21-12-4-3-5-13-21/h3-4,6-12,14-20H,5,13H2,1-2H3. The molecule has 0 saturated carbocycles. The van der Waals surface area contributed by atoms with E-state index < -0.39 is 0 Å². The van der Waals surface area contributed by atoms with Gasteiger partial charge >= 0.3 is 0 Å². The minimum atomic E-state index is -0.131. The number of aromatic nitrogens is 4. The van der Waals surface area contributed by atoms with Crippen LogP contribution in [0.15, 0.2) is 97.2 Å². The number of fused-ring (bicyclic) bond motifs is 8. The summed E-state index contributed by atoms with van der Waals surface area (Å²) in [6, 6.07) is 26.1. The molecule has 174 valence electrons. The molecule has 0 N–H and O–H groups in total. The summed E-state index contributed by atoms with van der Waals surface area (Å²) >= 11 is 0. The number of benzene rings is 3. The molecule has 0 fully saturated rings. The second-order valence-electron chi connectivity index (χ2n) is 10.5. The maximum Gasteiger partial charge on any atom is 0.220 e. The average Bonchev–Trinajstić information content (AvgIpc) is 3.62. The lowest BCUT2D eigenvalue weighted by atomic mass is 9.83. The third-order valence-electron chi connectivity index (χ3n) is 8.09. The largest absolute Gasteiger partial charge is 0.317 e. The molecule has 4 heterocycles. The number of nitrogens with zero attached hydrogens (tertiary/aromatic N) is 4. The highest BCUT2D eigenvalue weighted by Gasteiger charge is 2.40. The van der Waals surface area contributed by atoms with Crippen molar-refractivity contribution < 1.29 is 0 Å². The Morgan fingerprint density at radius 3 is 2.44 bits per heavy atom. The Bertz CT molecular complexity index is 1920. The van der Waals surface area contributed by atoms with Gasteiger partial charge in [0.2, 0.25) is 5.95 Å². The first-order valence-corrected chi connectivity index (χ1v) is 12.7. The molecule has 4 heteroatoms. The molecular weight excluding hydrogens is 440 g/mol. The highest BCUT2D eigenvalue weighted by atomic mass is 15.3. The Morgan fingerprint density at radius 1 is 0.806 bits per heavy atom. The van der Waals surface area contributed by atoms with Crippen LogP contribution in [0.25, 0.3) is 50.2 Å². The molecule has 3 aromatic heterocycles. The van der Waals surface area contributed by atoms with Crippen LogP contribution < -0.4 is 0 Å². The predicted octanol–water partition coefficient (Wildman–Crippen LogP) is 7.75. The zero-order chi connectivity index (χ0) is 24.0. The lowest BCUT2D eigenvalue weighted by molar-refractivity contribution is 0.645. The summed E-state index contributed by atoms with van der Waals surface area (Å²) in [4.78, 5) is 5.28. The zero-order valence-electron chi connectivity index (χ0n) is 20.4. The van der Waals surface area contributed by atoms with Crippen LogP contribution >= 0.6 is 0 Å². The smallest absolute Gasteiger partial charge is 0.220 e. The van der Waals surface area contributed by atoms with Gasteiger partial charge in [0.1, 0.15) is 0 Å². The first-order chi connectivity index (χ1) is 17.6. The molecule has 0 amide bonds. The van der Waals surface area contributed by atoms with Gasteiger partial charge in [0.25, 0.3) is 0 Å². The van der Waals surface area contributed by atoms with E-state index in [1.54, 1.807) is 0 Å². The summed E-state index contributed by atoms with van der Waals surface area (Å²) in [5.41, 5.74) is 9.74. The van der Waals surface area contributed by atoms with Crippen LogP contribution in [0.5, 0.6) is 0 Å². The molecular formula is C32H26N4. The lowest BCUT2D eigenvalue weighted by Gasteiger charge is -2.21. The molecule has 6 aromatic rings. The summed E-state index contributed by atoms with van der Waals surface area (Å²) in [7, 11) is 0. The molecule has 0 bridgehead atoms. The molecule has 0 unspecified atom stereocenters. The van der Waals surface area contributed by atoms with Gasteiger partial charge < -0.3 is 4.57 Å². The highest BCUT2D eigenvalue weighted by Crippen LogP contribution is 2.49. The van der Waals surface area contributed by atoms with Crippen molar-refractivity contribution in [3.8, 4) is 11.6 Å². The van der Waals surface area contributed by atoms with E-state index in [0.717, 1.165) is 29.8 Å². The van der Waals surface area contributed by atoms with Gasteiger partial charge in [-0.15, -0.1) is 0 Å². The zero-order valence-corrected chi connectivity index (χ0v) is 20.4. The average molecular weight is 467 g/mol. The first kappa shape index (κ1) is 19.9. The van der Waals surface area contributed by atoms with Gasteiger partial charge in [-0.2, -0.15) is 0 Å². The van der Waals surface area contributed by atoms with Crippen molar-refractivity contribution in [3.05, 3.63) is 108 Å². The third kappa shape index (κ3) is 2.41. The van der Waals surface area contributed by atoms with E-state index in [1.807, 2.05) is 0 Å².